The van der Waals surface area contributed by atoms with Crippen LogP contribution in [0.15, 0.2) is 91.0 Å². The first-order valence-electron chi connectivity index (χ1n) is 13.9. The molecule has 3 aromatic carbocycles. The van der Waals surface area contributed by atoms with Crippen molar-refractivity contribution in [3.63, 3.8) is 0 Å². The zero-order valence-electron chi connectivity index (χ0n) is 24.0. The number of amides is 3. The van der Waals surface area contributed by atoms with Gasteiger partial charge in [-0.25, -0.2) is 4.79 Å². The fourth-order valence-corrected chi connectivity index (χ4v) is 4.61. The van der Waals surface area contributed by atoms with E-state index < -0.39 is 47.6 Å². The third kappa shape index (κ3) is 11.1. The molecule has 0 spiro atoms. The number of primary amides is 1. The van der Waals surface area contributed by atoms with Crippen molar-refractivity contribution in [2.24, 2.45) is 11.7 Å². The highest BCUT2D eigenvalue weighted by Gasteiger charge is 2.31. The monoisotopic (exact) mass is 559 g/mol. The number of nitrogens with two attached hydrogens (primary N) is 1. The van der Waals surface area contributed by atoms with Crippen molar-refractivity contribution in [1.29, 1.82) is 0 Å². The molecule has 8 heteroatoms. The Morgan fingerprint density at radius 1 is 0.756 bits per heavy atom. The van der Waals surface area contributed by atoms with Gasteiger partial charge in [0.05, 0.1) is 12.1 Å². The summed E-state index contributed by atoms with van der Waals surface area (Å²) in [5.74, 6) is -1.75. The highest BCUT2D eigenvalue weighted by atomic mass is 16.6. The van der Waals surface area contributed by atoms with Crippen LogP contribution in [0.4, 0.5) is 4.79 Å². The summed E-state index contributed by atoms with van der Waals surface area (Å²) in [6.45, 7) is 5.29. The number of benzene rings is 3. The van der Waals surface area contributed by atoms with Crippen LogP contribution in [0.3, 0.4) is 0 Å². The van der Waals surface area contributed by atoms with Gasteiger partial charge in [-0.2, -0.15) is 0 Å². The van der Waals surface area contributed by atoms with Crippen LogP contribution >= 0.6 is 0 Å². The highest BCUT2D eigenvalue weighted by molar-refractivity contribution is 5.88. The van der Waals surface area contributed by atoms with E-state index in [0.29, 0.717) is 12.8 Å². The third-order valence-corrected chi connectivity index (χ3v) is 6.63. The van der Waals surface area contributed by atoms with Gasteiger partial charge < -0.3 is 26.2 Å². The Balaban J connectivity index is 1.82. The van der Waals surface area contributed by atoms with Gasteiger partial charge >= 0.3 is 6.09 Å². The standard InChI is InChI=1S/C33H41N3O5/c1-33(2,3)41-32(40)36-27(20-24-15-9-5-10-16-24)29(37)22-26(19-23-13-7-4-8-14-23)31(39)35-28(30(34)38)21-25-17-11-6-12-18-25/h4-18,26-29,37H,19-22H2,1-3H3,(H2,34,38)(H,35,39)(H,36,40)/t26-,27+,28+,29+/m1/s1. The first-order chi connectivity index (χ1) is 19.5. The predicted octanol–water partition coefficient (Wildman–Crippen LogP) is 3.95. The molecule has 0 saturated heterocycles. The molecule has 0 aliphatic heterocycles. The van der Waals surface area contributed by atoms with Crippen molar-refractivity contribution in [2.45, 2.75) is 70.2 Å². The smallest absolute Gasteiger partial charge is 0.407 e. The van der Waals surface area contributed by atoms with Crippen molar-refractivity contribution in [1.82, 2.24) is 10.6 Å². The number of hydrogen-bond donors (Lipinski definition) is 4. The third-order valence-electron chi connectivity index (χ3n) is 6.63. The molecule has 0 aliphatic rings. The summed E-state index contributed by atoms with van der Waals surface area (Å²) in [5, 5.41) is 17.1. The molecule has 3 amide bonds. The van der Waals surface area contributed by atoms with Crippen molar-refractivity contribution in [3.8, 4) is 0 Å². The number of rotatable bonds is 13. The Morgan fingerprint density at radius 2 is 1.22 bits per heavy atom. The van der Waals surface area contributed by atoms with Crippen LogP contribution < -0.4 is 16.4 Å². The quantitative estimate of drug-likeness (QED) is 0.252. The summed E-state index contributed by atoms with van der Waals surface area (Å²) in [7, 11) is 0. The molecule has 218 valence electrons. The van der Waals surface area contributed by atoms with Gasteiger partial charge in [0.15, 0.2) is 0 Å². The highest BCUT2D eigenvalue weighted by Crippen LogP contribution is 2.20. The Hall–Kier alpha value is -4.17. The fourth-order valence-electron chi connectivity index (χ4n) is 4.61. The van der Waals surface area contributed by atoms with E-state index in [1.165, 1.54) is 0 Å². The molecule has 0 aromatic heterocycles. The topological polar surface area (TPSA) is 131 Å². The van der Waals surface area contributed by atoms with Crippen molar-refractivity contribution >= 4 is 17.9 Å². The summed E-state index contributed by atoms with van der Waals surface area (Å²) < 4.78 is 5.45. The number of hydrogen-bond acceptors (Lipinski definition) is 5. The summed E-state index contributed by atoms with van der Waals surface area (Å²) in [6, 6.07) is 26.6. The molecule has 0 aliphatic carbocycles. The van der Waals surface area contributed by atoms with Crippen LogP contribution in [0.1, 0.15) is 43.9 Å². The van der Waals surface area contributed by atoms with Crippen LogP contribution in [-0.2, 0) is 33.6 Å². The second-order valence-corrected chi connectivity index (χ2v) is 11.3. The van der Waals surface area contributed by atoms with Crippen molar-refractivity contribution < 1.29 is 24.2 Å². The van der Waals surface area contributed by atoms with E-state index in [2.05, 4.69) is 10.6 Å². The summed E-state index contributed by atoms with van der Waals surface area (Å²) in [5.41, 5.74) is 7.62. The van der Waals surface area contributed by atoms with E-state index in [1.54, 1.807) is 20.8 Å². The van der Waals surface area contributed by atoms with Crippen LogP contribution in [-0.4, -0.2) is 46.8 Å². The minimum absolute atomic E-state index is 0.0326. The minimum Gasteiger partial charge on any atom is -0.444 e. The van der Waals surface area contributed by atoms with Crippen LogP contribution in [0, 0.1) is 5.92 Å². The van der Waals surface area contributed by atoms with Gasteiger partial charge in [0, 0.05) is 12.3 Å². The maximum Gasteiger partial charge on any atom is 0.407 e. The average Bonchev–Trinajstić information content (AvgIpc) is 2.92. The molecular formula is C33H41N3O5. The largest absolute Gasteiger partial charge is 0.444 e. The van der Waals surface area contributed by atoms with E-state index >= 15 is 0 Å². The molecule has 0 heterocycles. The molecule has 0 radical (unpaired) electrons. The number of alkyl carbamates (subject to hydrolysis) is 1. The Labute approximate surface area is 242 Å². The number of carbonyl (C=O) groups is 3. The first-order valence-corrected chi connectivity index (χ1v) is 13.9. The van der Waals surface area contributed by atoms with Crippen molar-refractivity contribution in [3.05, 3.63) is 108 Å². The number of aliphatic hydroxyl groups is 1. The SMILES string of the molecule is CC(C)(C)OC(=O)N[C@@H](Cc1ccccc1)[C@@H](O)C[C@@H](Cc1ccccc1)C(=O)N[C@@H](Cc1ccccc1)C(N)=O. The summed E-state index contributed by atoms with van der Waals surface area (Å²) >= 11 is 0. The molecule has 0 saturated carbocycles. The van der Waals surface area contributed by atoms with Gasteiger partial charge in [-0.15, -0.1) is 0 Å². The zero-order chi connectivity index (χ0) is 29.8. The normalized spacial score (nSPS) is 14.2. The molecule has 5 N–H and O–H groups in total. The molecule has 0 bridgehead atoms. The molecule has 3 aromatic rings. The maximum atomic E-state index is 13.6. The molecule has 41 heavy (non-hydrogen) atoms. The lowest BCUT2D eigenvalue weighted by molar-refractivity contribution is -0.130. The first kappa shape index (κ1) is 31.4. The van der Waals surface area contributed by atoms with Crippen molar-refractivity contribution in [2.75, 3.05) is 0 Å². The molecule has 0 unspecified atom stereocenters. The summed E-state index contributed by atoms with van der Waals surface area (Å²) in [6.07, 6.45) is -0.810. The average molecular weight is 560 g/mol. The molecule has 4 atom stereocenters. The maximum absolute atomic E-state index is 13.6. The fraction of sp³-hybridized carbons (Fsp3) is 0.364. The number of nitrogens with one attached hydrogen (secondary N) is 2. The van der Waals surface area contributed by atoms with E-state index in [-0.39, 0.29) is 12.8 Å². The second-order valence-electron chi connectivity index (χ2n) is 11.3. The van der Waals surface area contributed by atoms with Gasteiger partial charge in [-0.05, 0) is 56.7 Å². The van der Waals surface area contributed by atoms with Crippen LogP contribution in [0.2, 0.25) is 0 Å². The Kier molecular flexibility index (Phi) is 11.5. The van der Waals surface area contributed by atoms with E-state index in [9.17, 15) is 19.5 Å². The molecular weight excluding hydrogens is 518 g/mol. The Morgan fingerprint density at radius 3 is 1.68 bits per heavy atom. The van der Waals surface area contributed by atoms with Gasteiger partial charge in [0.25, 0.3) is 0 Å². The Bertz CT molecular complexity index is 1250. The lowest BCUT2D eigenvalue weighted by Crippen LogP contribution is -2.51. The van der Waals surface area contributed by atoms with Gasteiger partial charge in [0.2, 0.25) is 11.8 Å². The number of ether oxygens (including phenoxy) is 1. The van der Waals surface area contributed by atoms with Gasteiger partial charge in [0.1, 0.15) is 11.6 Å². The van der Waals surface area contributed by atoms with E-state index in [0.717, 1.165) is 16.7 Å². The lowest BCUT2D eigenvalue weighted by Gasteiger charge is -2.29. The predicted molar refractivity (Wildman–Crippen MR) is 159 cm³/mol. The molecule has 3 rings (SSSR count). The van der Waals surface area contributed by atoms with Gasteiger partial charge in [-0.3, -0.25) is 9.59 Å². The van der Waals surface area contributed by atoms with Crippen LogP contribution in [0.5, 0.6) is 0 Å². The molecule has 0 fully saturated rings. The van der Waals surface area contributed by atoms with Crippen LogP contribution in [0.25, 0.3) is 0 Å². The number of carbonyl (C=O) groups excluding carboxylic acids is 3. The van der Waals surface area contributed by atoms with E-state index in [4.69, 9.17) is 10.5 Å². The zero-order valence-corrected chi connectivity index (χ0v) is 24.0. The lowest BCUT2D eigenvalue weighted by atomic mass is 9.88. The minimum atomic E-state index is -1.09. The summed E-state index contributed by atoms with van der Waals surface area (Å²) in [4.78, 5) is 38.6. The van der Waals surface area contributed by atoms with E-state index in [1.807, 2.05) is 91.0 Å². The second kappa shape index (κ2) is 15.0. The molecule has 8 nitrogen and oxygen atoms in total. The number of aliphatic hydroxyl groups excluding tert-OH is 1. The van der Waals surface area contributed by atoms with Gasteiger partial charge in [-0.1, -0.05) is 91.0 Å².